The molecule has 0 aliphatic carbocycles. The summed E-state index contributed by atoms with van der Waals surface area (Å²) < 4.78 is 81.3. The van der Waals surface area contributed by atoms with Crippen LogP contribution in [0.1, 0.15) is 36.5 Å². The van der Waals surface area contributed by atoms with Crippen molar-refractivity contribution >= 4 is 0 Å². The van der Waals surface area contributed by atoms with Crippen molar-refractivity contribution in [3.8, 4) is 0 Å². The number of hydrogen-bond acceptors (Lipinski definition) is 1. The van der Waals surface area contributed by atoms with Crippen LogP contribution in [0, 0.1) is 0 Å². The molecule has 0 bridgehead atoms. The molecule has 0 aromatic heterocycles. The van der Waals surface area contributed by atoms with E-state index in [0.29, 0.717) is 6.42 Å². The van der Waals surface area contributed by atoms with Gasteiger partial charge in [-0.25, -0.2) is 0 Å². The first-order chi connectivity index (χ1) is 9.57. The molecule has 0 radical (unpaired) electrons. The van der Waals surface area contributed by atoms with Crippen LogP contribution in [0.25, 0.3) is 0 Å². The van der Waals surface area contributed by atoms with Crippen molar-refractivity contribution in [3.63, 3.8) is 0 Å². The predicted octanol–water partition coefficient (Wildman–Crippen LogP) is 5.08. The topological polar surface area (TPSA) is 9.23 Å². The van der Waals surface area contributed by atoms with Crippen molar-refractivity contribution in [2.24, 2.45) is 0 Å². The fraction of sp³-hybridized carbons (Fsp3) is 0.571. The van der Waals surface area contributed by atoms with Crippen LogP contribution in [0.4, 0.5) is 26.3 Å². The number of halogens is 6. The largest absolute Gasteiger partial charge is 0.416 e. The third-order valence-electron chi connectivity index (χ3n) is 3.05. The highest BCUT2D eigenvalue weighted by atomic mass is 19.4. The predicted molar refractivity (Wildman–Crippen MR) is 65.9 cm³/mol. The number of alkyl halides is 6. The molecule has 1 unspecified atom stereocenters. The smallest absolute Gasteiger partial charge is 0.381 e. The minimum Gasteiger partial charge on any atom is -0.381 e. The standard InChI is InChI=1S/C14H16F6O/c1-3-4-12(21-2)7-9-5-10(13(15,16)17)8-11(6-9)14(18,19)20/h5-6,8,12H,3-4,7H2,1-2H3. The van der Waals surface area contributed by atoms with Gasteiger partial charge < -0.3 is 4.74 Å². The summed E-state index contributed by atoms with van der Waals surface area (Å²) in [5.41, 5.74) is -2.62. The molecule has 0 heterocycles. The van der Waals surface area contributed by atoms with Crippen LogP contribution in [-0.4, -0.2) is 13.2 Å². The summed E-state index contributed by atoms with van der Waals surface area (Å²) in [6, 6.07) is 1.62. The Balaban J connectivity index is 3.19. The van der Waals surface area contributed by atoms with E-state index < -0.39 is 29.6 Å². The van der Waals surface area contributed by atoms with Crippen LogP contribution < -0.4 is 0 Å². The van der Waals surface area contributed by atoms with Gasteiger partial charge in [0.05, 0.1) is 17.2 Å². The molecule has 7 heteroatoms. The average molecular weight is 314 g/mol. The van der Waals surface area contributed by atoms with Crippen molar-refractivity contribution in [2.45, 2.75) is 44.6 Å². The molecule has 120 valence electrons. The van der Waals surface area contributed by atoms with E-state index >= 15 is 0 Å². The van der Waals surface area contributed by atoms with Gasteiger partial charge in [-0.15, -0.1) is 0 Å². The summed E-state index contributed by atoms with van der Waals surface area (Å²) in [7, 11) is 1.39. The van der Waals surface area contributed by atoms with Gasteiger partial charge in [-0.1, -0.05) is 13.3 Å². The normalized spacial score (nSPS) is 14.3. The molecule has 0 fully saturated rings. The fourth-order valence-electron chi connectivity index (χ4n) is 2.03. The van der Waals surface area contributed by atoms with Crippen molar-refractivity contribution in [3.05, 3.63) is 34.9 Å². The minimum absolute atomic E-state index is 0.0112. The maximum Gasteiger partial charge on any atom is 0.416 e. The lowest BCUT2D eigenvalue weighted by atomic mass is 9.99. The quantitative estimate of drug-likeness (QED) is 0.689. The van der Waals surface area contributed by atoms with Gasteiger partial charge >= 0.3 is 12.4 Å². The number of methoxy groups -OCH3 is 1. The zero-order valence-electron chi connectivity index (χ0n) is 11.6. The second-order valence-electron chi connectivity index (χ2n) is 4.76. The lowest BCUT2D eigenvalue weighted by molar-refractivity contribution is -0.143. The van der Waals surface area contributed by atoms with Gasteiger partial charge in [0.1, 0.15) is 0 Å². The summed E-state index contributed by atoms with van der Waals surface area (Å²) in [5, 5.41) is 0. The van der Waals surface area contributed by atoms with Crippen LogP contribution in [0.2, 0.25) is 0 Å². The Kier molecular flexibility index (Phi) is 5.67. The van der Waals surface area contributed by atoms with Gasteiger partial charge in [0.15, 0.2) is 0 Å². The first kappa shape index (κ1) is 17.8. The lowest BCUT2D eigenvalue weighted by Crippen LogP contribution is -2.16. The van der Waals surface area contributed by atoms with E-state index in [2.05, 4.69) is 0 Å². The van der Waals surface area contributed by atoms with Crippen LogP contribution >= 0.6 is 0 Å². The SMILES string of the molecule is CCCC(Cc1cc(C(F)(F)F)cc(C(F)(F)F)c1)OC. The third kappa shape index (κ3) is 5.22. The molecule has 1 aromatic carbocycles. The van der Waals surface area contributed by atoms with Gasteiger partial charge in [-0.2, -0.15) is 26.3 Å². The number of benzene rings is 1. The molecule has 1 aromatic rings. The zero-order valence-corrected chi connectivity index (χ0v) is 11.6. The molecule has 0 spiro atoms. The molecule has 0 aliphatic rings. The second-order valence-corrected chi connectivity index (χ2v) is 4.76. The third-order valence-corrected chi connectivity index (χ3v) is 3.05. The molecule has 0 N–H and O–H groups in total. The molecule has 21 heavy (non-hydrogen) atoms. The number of ether oxygens (including phenoxy) is 1. The Morgan fingerprint density at radius 2 is 1.43 bits per heavy atom. The highest BCUT2D eigenvalue weighted by Crippen LogP contribution is 2.36. The average Bonchev–Trinajstić information content (AvgIpc) is 2.35. The van der Waals surface area contributed by atoms with E-state index in [0.717, 1.165) is 18.6 Å². The Morgan fingerprint density at radius 1 is 0.952 bits per heavy atom. The van der Waals surface area contributed by atoms with Crippen molar-refractivity contribution < 1.29 is 31.1 Å². The second kappa shape index (κ2) is 6.68. The monoisotopic (exact) mass is 314 g/mol. The van der Waals surface area contributed by atoms with E-state index in [1.54, 1.807) is 0 Å². The van der Waals surface area contributed by atoms with Crippen LogP contribution in [0.5, 0.6) is 0 Å². The molecule has 1 atom stereocenters. The summed E-state index contributed by atoms with van der Waals surface area (Å²) in [5.74, 6) is 0. The summed E-state index contributed by atoms with van der Waals surface area (Å²) in [6.07, 6.45) is -8.73. The molecule has 1 nitrogen and oxygen atoms in total. The maximum atomic E-state index is 12.7. The van der Waals surface area contributed by atoms with E-state index in [1.807, 2.05) is 6.92 Å². The van der Waals surface area contributed by atoms with Crippen molar-refractivity contribution in [1.29, 1.82) is 0 Å². The van der Waals surface area contributed by atoms with E-state index in [4.69, 9.17) is 4.74 Å². The highest BCUT2D eigenvalue weighted by Gasteiger charge is 2.36. The first-order valence-electron chi connectivity index (χ1n) is 6.39. The van der Waals surface area contributed by atoms with Gasteiger partial charge in [0, 0.05) is 7.11 Å². The fourth-order valence-corrected chi connectivity index (χ4v) is 2.03. The lowest BCUT2D eigenvalue weighted by Gasteiger charge is -2.18. The molecular weight excluding hydrogens is 298 g/mol. The summed E-state index contributed by atoms with van der Waals surface area (Å²) in [4.78, 5) is 0. The van der Waals surface area contributed by atoms with Crippen LogP contribution in [0.3, 0.4) is 0 Å². The van der Waals surface area contributed by atoms with Gasteiger partial charge in [-0.3, -0.25) is 0 Å². The van der Waals surface area contributed by atoms with E-state index in [-0.39, 0.29) is 18.1 Å². The number of rotatable bonds is 5. The Bertz CT molecular complexity index is 431. The van der Waals surface area contributed by atoms with E-state index in [9.17, 15) is 26.3 Å². The summed E-state index contributed by atoms with van der Waals surface area (Å²) in [6.45, 7) is 1.86. The molecule has 0 amide bonds. The van der Waals surface area contributed by atoms with Gasteiger partial charge in [-0.05, 0) is 36.6 Å². The molecule has 0 aliphatic heterocycles. The van der Waals surface area contributed by atoms with Crippen LogP contribution in [0.15, 0.2) is 18.2 Å². The molecular formula is C14H16F6O. The molecule has 0 saturated carbocycles. The van der Waals surface area contributed by atoms with Crippen molar-refractivity contribution in [1.82, 2.24) is 0 Å². The van der Waals surface area contributed by atoms with Gasteiger partial charge in [0.2, 0.25) is 0 Å². The molecule has 0 saturated heterocycles. The van der Waals surface area contributed by atoms with E-state index in [1.165, 1.54) is 7.11 Å². The van der Waals surface area contributed by atoms with Crippen LogP contribution in [-0.2, 0) is 23.5 Å². The molecule has 1 rings (SSSR count). The maximum absolute atomic E-state index is 12.7. The number of hydrogen-bond donors (Lipinski definition) is 0. The van der Waals surface area contributed by atoms with Crippen molar-refractivity contribution in [2.75, 3.05) is 7.11 Å². The Hall–Kier alpha value is -1.24. The Morgan fingerprint density at radius 3 is 1.76 bits per heavy atom. The zero-order chi connectivity index (χ0) is 16.3. The summed E-state index contributed by atoms with van der Waals surface area (Å²) >= 11 is 0. The first-order valence-corrected chi connectivity index (χ1v) is 6.39. The minimum atomic E-state index is -4.82. The highest BCUT2D eigenvalue weighted by molar-refractivity contribution is 5.34. The Labute approximate surface area is 118 Å². The van der Waals surface area contributed by atoms with Gasteiger partial charge in [0.25, 0.3) is 0 Å².